The fraction of sp³-hybridized carbons (Fsp3) is 0.273. The topological polar surface area (TPSA) is 51.0 Å². The van der Waals surface area contributed by atoms with Crippen LogP contribution in [0.2, 0.25) is 0 Å². The molecule has 0 atom stereocenters. The highest BCUT2D eigenvalue weighted by Crippen LogP contribution is 2.21. The first kappa shape index (κ1) is 11.0. The Hall–Kier alpha value is -1.55. The molecule has 0 amide bonds. The van der Waals surface area contributed by atoms with E-state index in [4.69, 9.17) is 16.0 Å². The first-order valence-corrected chi connectivity index (χ1v) is 5.45. The van der Waals surface area contributed by atoms with E-state index in [2.05, 4.69) is 21.6 Å². The molecular weight excluding hydrogens is 226 g/mol. The van der Waals surface area contributed by atoms with Gasteiger partial charge in [-0.25, -0.2) is 0 Å². The lowest BCUT2D eigenvalue weighted by Gasteiger charge is -2.06. The van der Waals surface area contributed by atoms with Gasteiger partial charge < -0.3 is 9.73 Å². The molecule has 0 saturated carbocycles. The Morgan fingerprint density at radius 2 is 2.12 bits per heavy atom. The van der Waals surface area contributed by atoms with E-state index < -0.39 is 0 Å². The predicted molar refractivity (Wildman–Crippen MR) is 63.1 cm³/mol. The van der Waals surface area contributed by atoms with Crippen molar-refractivity contribution in [3.63, 3.8) is 0 Å². The van der Waals surface area contributed by atoms with Crippen molar-refractivity contribution >= 4 is 23.3 Å². The third-order valence-corrected chi connectivity index (χ3v) is 2.44. The molecule has 1 aromatic heterocycles. The van der Waals surface area contributed by atoms with Crippen molar-refractivity contribution in [3.05, 3.63) is 35.2 Å². The van der Waals surface area contributed by atoms with Crippen LogP contribution in [-0.4, -0.2) is 10.2 Å². The zero-order valence-corrected chi connectivity index (χ0v) is 9.88. The third-order valence-electron chi connectivity index (χ3n) is 2.22. The lowest BCUT2D eigenvalue weighted by molar-refractivity contribution is 0.530. The van der Waals surface area contributed by atoms with Gasteiger partial charge in [-0.3, -0.25) is 0 Å². The number of alkyl halides is 1. The van der Waals surface area contributed by atoms with Crippen molar-refractivity contribution in [2.45, 2.75) is 19.7 Å². The fourth-order valence-corrected chi connectivity index (χ4v) is 1.45. The second-order valence-electron chi connectivity index (χ2n) is 3.58. The summed E-state index contributed by atoms with van der Waals surface area (Å²) in [5.41, 5.74) is 3.26. The molecule has 2 rings (SSSR count). The van der Waals surface area contributed by atoms with Crippen molar-refractivity contribution in [1.82, 2.24) is 10.2 Å². The van der Waals surface area contributed by atoms with Gasteiger partial charge in [-0.2, -0.15) is 0 Å². The van der Waals surface area contributed by atoms with Crippen molar-refractivity contribution < 1.29 is 4.42 Å². The van der Waals surface area contributed by atoms with Crippen molar-refractivity contribution in [2.24, 2.45) is 0 Å². The Labute approximate surface area is 98.6 Å². The Balaban J connectivity index is 2.22. The SMILES string of the molecule is Cc1ccc(C)c(Nc2nnc(CCl)o2)c1. The number of halogens is 1. The summed E-state index contributed by atoms with van der Waals surface area (Å²) in [5, 5.41) is 10.7. The van der Waals surface area contributed by atoms with Crippen LogP contribution in [0.5, 0.6) is 0 Å². The zero-order valence-electron chi connectivity index (χ0n) is 9.12. The standard InChI is InChI=1S/C11H12ClN3O/c1-7-3-4-8(2)9(5-7)13-11-15-14-10(6-12)16-11/h3-5H,6H2,1-2H3,(H,13,15). The molecule has 0 spiro atoms. The average molecular weight is 238 g/mol. The quantitative estimate of drug-likeness (QED) is 0.833. The van der Waals surface area contributed by atoms with Crippen LogP contribution in [0.1, 0.15) is 17.0 Å². The number of aromatic nitrogens is 2. The maximum atomic E-state index is 5.58. The van der Waals surface area contributed by atoms with Gasteiger partial charge in [0.15, 0.2) is 0 Å². The van der Waals surface area contributed by atoms with Gasteiger partial charge in [0.1, 0.15) is 5.88 Å². The van der Waals surface area contributed by atoms with E-state index in [1.807, 2.05) is 26.0 Å². The molecular formula is C11H12ClN3O. The highest BCUT2D eigenvalue weighted by Gasteiger charge is 2.06. The van der Waals surface area contributed by atoms with Crippen LogP contribution in [0.4, 0.5) is 11.7 Å². The lowest BCUT2D eigenvalue weighted by atomic mass is 10.1. The Morgan fingerprint density at radius 3 is 2.81 bits per heavy atom. The average Bonchev–Trinajstić information content (AvgIpc) is 2.71. The van der Waals surface area contributed by atoms with E-state index in [0.717, 1.165) is 11.3 Å². The number of anilines is 2. The summed E-state index contributed by atoms with van der Waals surface area (Å²) in [6.07, 6.45) is 0. The van der Waals surface area contributed by atoms with E-state index in [1.54, 1.807) is 0 Å². The second kappa shape index (κ2) is 4.53. The molecule has 0 unspecified atom stereocenters. The van der Waals surface area contributed by atoms with Gasteiger partial charge in [0, 0.05) is 5.69 Å². The van der Waals surface area contributed by atoms with Crippen LogP contribution in [-0.2, 0) is 5.88 Å². The largest absolute Gasteiger partial charge is 0.407 e. The molecule has 0 radical (unpaired) electrons. The van der Waals surface area contributed by atoms with Gasteiger partial charge >= 0.3 is 6.01 Å². The molecule has 4 nitrogen and oxygen atoms in total. The molecule has 0 fully saturated rings. The number of aryl methyl sites for hydroxylation is 2. The molecule has 0 aliphatic rings. The van der Waals surface area contributed by atoms with Gasteiger partial charge in [0.2, 0.25) is 5.89 Å². The Morgan fingerprint density at radius 1 is 1.31 bits per heavy atom. The fourth-order valence-electron chi connectivity index (χ4n) is 1.34. The highest BCUT2D eigenvalue weighted by atomic mass is 35.5. The molecule has 84 valence electrons. The van der Waals surface area contributed by atoms with Gasteiger partial charge in [0.05, 0.1) is 0 Å². The minimum Gasteiger partial charge on any atom is -0.407 e. The minimum absolute atomic E-state index is 0.224. The first-order valence-electron chi connectivity index (χ1n) is 4.91. The van der Waals surface area contributed by atoms with Gasteiger partial charge in [-0.15, -0.1) is 16.7 Å². The monoisotopic (exact) mass is 237 g/mol. The number of benzene rings is 1. The number of hydrogen-bond acceptors (Lipinski definition) is 4. The summed E-state index contributed by atoms with van der Waals surface area (Å²) in [6, 6.07) is 6.49. The van der Waals surface area contributed by atoms with Crippen LogP contribution in [0.3, 0.4) is 0 Å². The van der Waals surface area contributed by atoms with Crippen molar-refractivity contribution in [2.75, 3.05) is 5.32 Å². The van der Waals surface area contributed by atoms with Crippen molar-refractivity contribution in [3.8, 4) is 0 Å². The smallest absolute Gasteiger partial charge is 0.320 e. The Kier molecular flexibility index (Phi) is 3.10. The van der Waals surface area contributed by atoms with Crippen LogP contribution >= 0.6 is 11.6 Å². The maximum absolute atomic E-state index is 5.58. The summed E-state index contributed by atoms with van der Waals surface area (Å²) in [5.74, 6) is 0.635. The molecule has 1 aromatic carbocycles. The molecule has 0 bridgehead atoms. The van der Waals surface area contributed by atoms with Crippen LogP contribution < -0.4 is 5.32 Å². The van der Waals surface area contributed by atoms with E-state index >= 15 is 0 Å². The number of nitrogens with one attached hydrogen (secondary N) is 1. The second-order valence-corrected chi connectivity index (χ2v) is 3.85. The Bertz CT molecular complexity index is 496. The molecule has 0 aliphatic carbocycles. The summed E-state index contributed by atoms with van der Waals surface area (Å²) < 4.78 is 5.27. The minimum atomic E-state index is 0.224. The summed E-state index contributed by atoms with van der Waals surface area (Å²) in [6.45, 7) is 4.04. The van der Waals surface area contributed by atoms with Crippen LogP contribution in [0.15, 0.2) is 22.6 Å². The van der Waals surface area contributed by atoms with Crippen molar-refractivity contribution in [1.29, 1.82) is 0 Å². The molecule has 16 heavy (non-hydrogen) atoms. The summed E-state index contributed by atoms with van der Waals surface area (Å²) in [4.78, 5) is 0. The first-order chi connectivity index (χ1) is 7.69. The van der Waals surface area contributed by atoms with Crippen LogP contribution in [0, 0.1) is 13.8 Å². The van der Waals surface area contributed by atoms with E-state index in [0.29, 0.717) is 11.9 Å². The predicted octanol–water partition coefficient (Wildman–Crippen LogP) is 3.17. The zero-order chi connectivity index (χ0) is 11.5. The number of rotatable bonds is 3. The lowest BCUT2D eigenvalue weighted by Crippen LogP contribution is -1.93. The van der Waals surface area contributed by atoms with Gasteiger partial charge in [-0.05, 0) is 31.0 Å². The molecule has 1 heterocycles. The maximum Gasteiger partial charge on any atom is 0.320 e. The molecule has 1 N–H and O–H groups in total. The molecule has 0 aliphatic heterocycles. The van der Waals surface area contributed by atoms with E-state index in [9.17, 15) is 0 Å². The number of nitrogens with zero attached hydrogens (tertiary/aromatic N) is 2. The third kappa shape index (κ3) is 2.33. The number of hydrogen-bond donors (Lipinski definition) is 1. The van der Waals surface area contributed by atoms with E-state index in [1.165, 1.54) is 5.56 Å². The van der Waals surface area contributed by atoms with Gasteiger partial charge in [-0.1, -0.05) is 17.2 Å². The summed E-state index contributed by atoms with van der Waals surface area (Å²) in [7, 11) is 0. The highest BCUT2D eigenvalue weighted by molar-refractivity contribution is 6.16. The molecule has 0 saturated heterocycles. The van der Waals surface area contributed by atoms with Gasteiger partial charge in [0.25, 0.3) is 0 Å². The normalized spacial score (nSPS) is 10.4. The van der Waals surface area contributed by atoms with E-state index in [-0.39, 0.29) is 5.88 Å². The molecule has 5 heteroatoms. The summed E-state index contributed by atoms with van der Waals surface area (Å²) >= 11 is 5.58. The molecule has 2 aromatic rings. The van der Waals surface area contributed by atoms with Crippen LogP contribution in [0.25, 0.3) is 0 Å².